The van der Waals surface area contributed by atoms with Crippen LogP contribution >= 0.6 is 11.3 Å². The molecule has 3 nitrogen and oxygen atoms in total. The summed E-state index contributed by atoms with van der Waals surface area (Å²) >= 11 is 1.70. The van der Waals surface area contributed by atoms with E-state index in [-0.39, 0.29) is 12.1 Å². The zero-order chi connectivity index (χ0) is 14.3. The van der Waals surface area contributed by atoms with Crippen molar-refractivity contribution in [1.29, 1.82) is 0 Å². The van der Waals surface area contributed by atoms with Crippen LogP contribution in [0, 0.1) is 5.92 Å². The monoisotopic (exact) mass is 292 g/mol. The van der Waals surface area contributed by atoms with Crippen molar-refractivity contribution in [2.45, 2.75) is 64.2 Å². The van der Waals surface area contributed by atoms with Gasteiger partial charge >= 0.3 is 0 Å². The van der Waals surface area contributed by atoms with Gasteiger partial charge in [-0.25, -0.2) is 0 Å². The third-order valence-corrected chi connectivity index (χ3v) is 5.77. The highest BCUT2D eigenvalue weighted by atomic mass is 32.1. The fourth-order valence-corrected chi connectivity index (χ4v) is 4.25. The molecule has 4 unspecified atom stereocenters. The number of amides is 1. The van der Waals surface area contributed by atoms with Crippen LogP contribution < -0.4 is 5.32 Å². The number of thiophene rings is 1. The van der Waals surface area contributed by atoms with Crippen LogP contribution in [0.3, 0.4) is 0 Å². The van der Waals surface area contributed by atoms with E-state index in [0.717, 1.165) is 25.2 Å². The first-order chi connectivity index (χ1) is 9.55. The SMILES string of the molecule is CCC1(C)NC(c2ccsc2)N(C2CCC(C)C2)C1=O. The molecule has 1 aromatic rings. The highest BCUT2D eigenvalue weighted by molar-refractivity contribution is 7.07. The zero-order valence-electron chi connectivity index (χ0n) is 12.6. The van der Waals surface area contributed by atoms with Crippen LogP contribution in [0.1, 0.15) is 58.2 Å². The fraction of sp³-hybridized carbons (Fsp3) is 0.688. The van der Waals surface area contributed by atoms with E-state index < -0.39 is 5.54 Å². The van der Waals surface area contributed by atoms with Gasteiger partial charge in [-0.3, -0.25) is 10.1 Å². The van der Waals surface area contributed by atoms with Gasteiger partial charge in [-0.1, -0.05) is 13.8 Å². The summed E-state index contributed by atoms with van der Waals surface area (Å²) in [7, 11) is 0. The first-order valence-corrected chi connectivity index (χ1v) is 8.62. The average molecular weight is 292 g/mol. The lowest BCUT2D eigenvalue weighted by atomic mass is 9.99. The molecule has 1 amide bonds. The molecule has 2 fully saturated rings. The summed E-state index contributed by atoms with van der Waals surface area (Å²) in [5.74, 6) is 1.03. The molecule has 0 bridgehead atoms. The van der Waals surface area contributed by atoms with E-state index in [1.807, 2.05) is 6.92 Å². The smallest absolute Gasteiger partial charge is 0.244 e. The van der Waals surface area contributed by atoms with Gasteiger partial charge in [0.05, 0.1) is 5.54 Å². The van der Waals surface area contributed by atoms with Crippen LogP contribution in [-0.4, -0.2) is 22.4 Å². The summed E-state index contributed by atoms with van der Waals surface area (Å²) in [4.78, 5) is 15.1. The molecule has 1 aliphatic carbocycles. The summed E-state index contributed by atoms with van der Waals surface area (Å²) in [6.07, 6.45) is 4.44. The number of nitrogens with one attached hydrogen (secondary N) is 1. The quantitative estimate of drug-likeness (QED) is 0.924. The van der Waals surface area contributed by atoms with Crippen LogP contribution in [0.2, 0.25) is 0 Å². The molecule has 3 rings (SSSR count). The molecule has 1 N–H and O–H groups in total. The normalized spacial score (nSPS) is 37.9. The van der Waals surface area contributed by atoms with Gasteiger partial charge in [-0.15, -0.1) is 0 Å². The van der Waals surface area contributed by atoms with Gasteiger partial charge in [0.2, 0.25) is 5.91 Å². The Balaban J connectivity index is 1.92. The molecule has 1 saturated heterocycles. The van der Waals surface area contributed by atoms with Gasteiger partial charge in [0.25, 0.3) is 0 Å². The molecule has 4 atom stereocenters. The number of hydrogen-bond donors (Lipinski definition) is 1. The summed E-state index contributed by atoms with van der Waals surface area (Å²) < 4.78 is 0. The predicted molar refractivity (Wildman–Crippen MR) is 82.5 cm³/mol. The minimum Gasteiger partial charge on any atom is -0.318 e. The highest BCUT2D eigenvalue weighted by Gasteiger charge is 2.50. The Morgan fingerprint density at radius 2 is 2.30 bits per heavy atom. The maximum atomic E-state index is 12.9. The molecule has 4 heteroatoms. The van der Waals surface area contributed by atoms with E-state index in [1.165, 1.54) is 12.0 Å². The Kier molecular flexibility index (Phi) is 3.63. The Morgan fingerprint density at radius 3 is 2.85 bits per heavy atom. The Bertz CT molecular complexity index is 487. The molecule has 2 heterocycles. The average Bonchev–Trinajstić information content (AvgIpc) is 3.12. The lowest BCUT2D eigenvalue weighted by molar-refractivity contribution is -0.135. The summed E-state index contributed by atoms with van der Waals surface area (Å²) in [5, 5.41) is 7.85. The maximum absolute atomic E-state index is 12.9. The topological polar surface area (TPSA) is 32.3 Å². The largest absolute Gasteiger partial charge is 0.318 e. The van der Waals surface area contributed by atoms with E-state index in [0.29, 0.717) is 6.04 Å². The van der Waals surface area contributed by atoms with E-state index in [9.17, 15) is 4.79 Å². The molecule has 1 aliphatic heterocycles. The molecule has 0 aromatic carbocycles. The number of carbonyl (C=O) groups is 1. The Morgan fingerprint density at radius 1 is 1.50 bits per heavy atom. The van der Waals surface area contributed by atoms with Crippen molar-refractivity contribution in [3.63, 3.8) is 0 Å². The van der Waals surface area contributed by atoms with Crippen LogP contribution in [0.25, 0.3) is 0 Å². The number of rotatable bonds is 3. The van der Waals surface area contributed by atoms with E-state index in [2.05, 4.69) is 40.9 Å². The third-order valence-electron chi connectivity index (χ3n) is 5.07. The van der Waals surface area contributed by atoms with Crippen molar-refractivity contribution in [1.82, 2.24) is 10.2 Å². The van der Waals surface area contributed by atoms with Gasteiger partial charge < -0.3 is 4.90 Å². The van der Waals surface area contributed by atoms with Gasteiger partial charge in [0, 0.05) is 6.04 Å². The summed E-state index contributed by atoms with van der Waals surface area (Å²) in [6.45, 7) is 6.44. The van der Waals surface area contributed by atoms with Crippen LogP contribution in [-0.2, 0) is 4.79 Å². The molecule has 1 aromatic heterocycles. The second-order valence-electron chi connectivity index (χ2n) is 6.57. The second-order valence-corrected chi connectivity index (χ2v) is 7.35. The van der Waals surface area contributed by atoms with Crippen molar-refractivity contribution in [2.24, 2.45) is 5.92 Å². The minimum absolute atomic E-state index is 0.0639. The molecular formula is C16H24N2OS. The van der Waals surface area contributed by atoms with E-state index >= 15 is 0 Å². The van der Waals surface area contributed by atoms with Crippen molar-refractivity contribution in [3.05, 3.63) is 22.4 Å². The number of hydrogen-bond acceptors (Lipinski definition) is 3. The number of carbonyl (C=O) groups excluding carboxylic acids is 1. The molecule has 2 aliphatic rings. The summed E-state index contributed by atoms with van der Waals surface area (Å²) in [5.41, 5.74) is 0.832. The van der Waals surface area contributed by atoms with E-state index in [1.54, 1.807) is 11.3 Å². The van der Waals surface area contributed by atoms with Crippen LogP contribution in [0.5, 0.6) is 0 Å². The summed E-state index contributed by atoms with van der Waals surface area (Å²) in [6, 6.07) is 2.55. The van der Waals surface area contributed by atoms with Crippen LogP contribution in [0.15, 0.2) is 16.8 Å². The Labute approximate surface area is 125 Å². The van der Waals surface area contributed by atoms with E-state index in [4.69, 9.17) is 0 Å². The zero-order valence-corrected chi connectivity index (χ0v) is 13.4. The molecule has 20 heavy (non-hydrogen) atoms. The maximum Gasteiger partial charge on any atom is 0.244 e. The second kappa shape index (κ2) is 5.15. The van der Waals surface area contributed by atoms with Crippen molar-refractivity contribution in [3.8, 4) is 0 Å². The van der Waals surface area contributed by atoms with Crippen LogP contribution in [0.4, 0.5) is 0 Å². The standard InChI is InChI=1S/C16H24N2OS/c1-4-16(3)15(19)18(13-6-5-11(2)9-13)14(17-16)12-7-8-20-10-12/h7-8,10-11,13-14,17H,4-6,9H2,1-3H3. The van der Waals surface area contributed by atoms with Gasteiger partial charge in [-0.2, -0.15) is 11.3 Å². The minimum atomic E-state index is -0.404. The Hall–Kier alpha value is -0.870. The lowest BCUT2D eigenvalue weighted by Crippen LogP contribution is -2.44. The molecule has 110 valence electrons. The molecule has 0 spiro atoms. The first kappa shape index (κ1) is 14.1. The highest BCUT2D eigenvalue weighted by Crippen LogP contribution is 2.40. The van der Waals surface area contributed by atoms with Gasteiger partial charge in [-0.05, 0) is 60.9 Å². The van der Waals surface area contributed by atoms with Crippen molar-refractivity contribution < 1.29 is 4.79 Å². The van der Waals surface area contributed by atoms with Crippen molar-refractivity contribution >= 4 is 17.2 Å². The predicted octanol–water partition coefficient (Wildman–Crippen LogP) is 3.54. The third kappa shape index (κ3) is 2.19. The molecule has 0 radical (unpaired) electrons. The molecular weight excluding hydrogens is 268 g/mol. The molecule has 1 saturated carbocycles. The number of nitrogens with zero attached hydrogens (tertiary/aromatic N) is 1. The van der Waals surface area contributed by atoms with Gasteiger partial charge in [0.1, 0.15) is 6.17 Å². The lowest BCUT2D eigenvalue weighted by Gasteiger charge is -2.30. The fourth-order valence-electron chi connectivity index (χ4n) is 3.57. The first-order valence-electron chi connectivity index (χ1n) is 7.67. The van der Waals surface area contributed by atoms with Gasteiger partial charge in [0.15, 0.2) is 0 Å². The van der Waals surface area contributed by atoms with Crippen molar-refractivity contribution in [2.75, 3.05) is 0 Å².